The van der Waals surface area contributed by atoms with Crippen LogP contribution in [-0.2, 0) is 4.79 Å². The van der Waals surface area contributed by atoms with Crippen molar-refractivity contribution in [2.75, 3.05) is 0 Å². The zero-order valence-corrected chi connectivity index (χ0v) is 12.2. The summed E-state index contributed by atoms with van der Waals surface area (Å²) >= 11 is 11.8. The smallest absolute Gasteiger partial charge is 0.330 e. The first-order chi connectivity index (χ1) is 9.99. The maximum atomic E-state index is 12.1. The van der Waals surface area contributed by atoms with Crippen molar-refractivity contribution in [2.45, 2.75) is 6.04 Å². The molecule has 2 rings (SSSR count). The minimum absolute atomic E-state index is 0.274. The van der Waals surface area contributed by atoms with Gasteiger partial charge >= 0.3 is 5.97 Å². The summed E-state index contributed by atoms with van der Waals surface area (Å²) in [6.45, 7) is 0. The summed E-state index contributed by atoms with van der Waals surface area (Å²) in [6, 6.07) is 11.5. The molecule has 2 aromatic carbocycles. The fraction of sp³-hybridized carbons (Fsp3) is 0.0667. The molecule has 0 aliphatic heterocycles. The summed E-state index contributed by atoms with van der Waals surface area (Å²) in [5.41, 5.74) is 0.600. The largest absolute Gasteiger partial charge is 0.479 e. The average molecular weight is 324 g/mol. The second-order valence-electron chi connectivity index (χ2n) is 4.28. The Morgan fingerprint density at radius 1 is 1.05 bits per heavy atom. The van der Waals surface area contributed by atoms with Crippen LogP contribution in [0.25, 0.3) is 0 Å². The highest BCUT2D eigenvalue weighted by atomic mass is 35.5. The maximum absolute atomic E-state index is 12.1. The maximum Gasteiger partial charge on any atom is 0.330 e. The summed E-state index contributed by atoms with van der Waals surface area (Å²) in [7, 11) is 0. The van der Waals surface area contributed by atoms with Crippen LogP contribution in [0.5, 0.6) is 0 Å². The van der Waals surface area contributed by atoms with E-state index in [-0.39, 0.29) is 10.6 Å². The Balaban J connectivity index is 2.27. The molecule has 1 amide bonds. The predicted molar refractivity (Wildman–Crippen MR) is 80.7 cm³/mol. The van der Waals surface area contributed by atoms with Crippen LogP contribution in [0, 0.1) is 0 Å². The number of hydrogen-bond donors (Lipinski definition) is 2. The van der Waals surface area contributed by atoms with Crippen molar-refractivity contribution in [3.63, 3.8) is 0 Å². The molecule has 0 aliphatic carbocycles. The molecule has 2 aromatic rings. The molecule has 0 spiro atoms. The van der Waals surface area contributed by atoms with Crippen molar-refractivity contribution < 1.29 is 14.7 Å². The standard InChI is InChI=1S/C15H11Cl2NO3/c16-10-5-3-4-9(8-10)14(19)18-13(15(20)21)11-6-1-2-7-12(11)17/h1-8,13H,(H,18,19)(H,20,21)/t13-/m1/s1. The lowest BCUT2D eigenvalue weighted by Crippen LogP contribution is -2.33. The molecule has 0 saturated carbocycles. The average Bonchev–Trinajstić information content (AvgIpc) is 2.45. The Kier molecular flexibility index (Phi) is 4.83. The van der Waals surface area contributed by atoms with Gasteiger partial charge in [-0.15, -0.1) is 0 Å². The third-order valence-electron chi connectivity index (χ3n) is 2.83. The Hall–Kier alpha value is -2.04. The molecule has 0 aliphatic rings. The number of benzene rings is 2. The van der Waals surface area contributed by atoms with E-state index in [1.807, 2.05) is 0 Å². The van der Waals surface area contributed by atoms with Gasteiger partial charge in [0.1, 0.15) is 0 Å². The van der Waals surface area contributed by atoms with Gasteiger partial charge in [-0.2, -0.15) is 0 Å². The zero-order valence-electron chi connectivity index (χ0n) is 10.7. The van der Waals surface area contributed by atoms with Gasteiger partial charge in [-0.1, -0.05) is 47.5 Å². The number of rotatable bonds is 4. The van der Waals surface area contributed by atoms with E-state index in [0.29, 0.717) is 10.6 Å². The van der Waals surface area contributed by atoms with Gasteiger partial charge in [0.15, 0.2) is 6.04 Å². The number of hydrogen-bond acceptors (Lipinski definition) is 2. The van der Waals surface area contributed by atoms with Crippen molar-refractivity contribution in [3.05, 3.63) is 69.7 Å². The van der Waals surface area contributed by atoms with Gasteiger partial charge in [-0.05, 0) is 24.3 Å². The molecule has 4 nitrogen and oxygen atoms in total. The lowest BCUT2D eigenvalue weighted by atomic mass is 10.1. The number of carbonyl (C=O) groups is 2. The number of nitrogens with one attached hydrogen (secondary N) is 1. The number of aliphatic carboxylic acids is 1. The SMILES string of the molecule is O=C(N[C@@H](C(=O)O)c1ccccc1Cl)c1cccc(Cl)c1. The van der Waals surface area contributed by atoms with Gasteiger partial charge in [0, 0.05) is 21.2 Å². The van der Waals surface area contributed by atoms with Crippen LogP contribution in [0.3, 0.4) is 0 Å². The van der Waals surface area contributed by atoms with Crippen LogP contribution in [0.4, 0.5) is 0 Å². The molecule has 2 N–H and O–H groups in total. The van der Waals surface area contributed by atoms with Crippen molar-refractivity contribution in [2.24, 2.45) is 0 Å². The molecule has 0 radical (unpaired) electrons. The van der Waals surface area contributed by atoms with Gasteiger partial charge in [0.25, 0.3) is 5.91 Å². The predicted octanol–water partition coefficient (Wildman–Crippen LogP) is 3.55. The highest BCUT2D eigenvalue weighted by Crippen LogP contribution is 2.23. The third-order valence-corrected chi connectivity index (χ3v) is 3.40. The molecule has 0 saturated heterocycles. The second kappa shape index (κ2) is 6.61. The van der Waals surface area contributed by atoms with Crippen LogP contribution in [0.15, 0.2) is 48.5 Å². The first-order valence-corrected chi connectivity index (χ1v) is 6.78. The minimum atomic E-state index is -1.23. The fourth-order valence-electron chi connectivity index (χ4n) is 1.83. The lowest BCUT2D eigenvalue weighted by molar-refractivity contribution is -0.139. The Morgan fingerprint density at radius 2 is 1.76 bits per heavy atom. The molecule has 0 aromatic heterocycles. The molecule has 21 heavy (non-hydrogen) atoms. The number of halogens is 2. The zero-order chi connectivity index (χ0) is 15.4. The normalized spacial score (nSPS) is 11.7. The van der Waals surface area contributed by atoms with Gasteiger partial charge in [-0.25, -0.2) is 4.79 Å². The molecule has 0 unspecified atom stereocenters. The van der Waals surface area contributed by atoms with Gasteiger partial charge in [-0.3, -0.25) is 4.79 Å². The molecule has 1 atom stereocenters. The molecule has 108 valence electrons. The first-order valence-electron chi connectivity index (χ1n) is 6.02. The summed E-state index contributed by atoms with van der Waals surface area (Å²) in [6.07, 6.45) is 0. The van der Waals surface area contributed by atoms with Crippen LogP contribution < -0.4 is 5.32 Å². The van der Waals surface area contributed by atoms with Gasteiger partial charge in [0.2, 0.25) is 0 Å². The fourth-order valence-corrected chi connectivity index (χ4v) is 2.26. The van der Waals surface area contributed by atoms with E-state index in [1.54, 1.807) is 42.5 Å². The molecule has 6 heteroatoms. The molecule has 0 heterocycles. The number of carbonyl (C=O) groups excluding carboxylic acids is 1. The highest BCUT2D eigenvalue weighted by Gasteiger charge is 2.24. The Bertz CT molecular complexity index is 688. The number of carboxylic acid groups (broad SMARTS) is 1. The second-order valence-corrected chi connectivity index (χ2v) is 5.12. The molecular weight excluding hydrogens is 313 g/mol. The summed E-state index contributed by atoms with van der Waals surface area (Å²) in [5, 5.41) is 12.4. The highest BCUT2D eigenvalue weighted by molar-refractivity contribution is 6.31. The summed E-state index contributed by atoms with van der Waals surface area (Å²) in [5.74, 6) is -1.73. The van der Waals surface area contributed by atoms with E-state index in [2.05, 4.69) is 5.32 Å². The van der Waals surface area contributed by atoms with E-state index in [0.717, 1.165) is 0 Å². The van der Waals surface area contributed by atoms with E-state index >= 15 is 0 Å². The number of amides is 1. The van der Waals surface area contributed by atoms with Crippen LogP contribution >= 0.6 is 23.2 Å². The first kappa shape index (κ1) is 15.4. The third kappa shape index (κ3) is 3.74. The Labute approximate surface area is 131 Å². The Morgan fingerprint density at radius 3 is 2.38 bits per heavy atom. The van der Waals surface area contributed by atoms with E-state index < -0.39 is 17.9 Å². The van der Waals surface area contributed by atoms with Crippen molar-refractivity contribution in [1.29, 1.82) is 0 Å². The van der Waals surface area contributed by atoms with Crippen LogP contribution in [-0.4, -0.2) is 17.0 Å². The monoisotopic (exact) mass is 323 g/mol. The van der Waals surface area contributed by atoms with Crippen molar-refractivity contribution >= 4 is 35.1 Å². The molecule has 0 bridgehead atoms. The van der Waals surface area contributed by atoms with Gasteiger partial charge < -0.3 is 10.4 Å². The van der Waals surface area contributed by atoms with E-state index in [1.165, 1.54) is 6.07 Å². The van der Waals surface area contributed by atoms with Crippen molar-refractivity contribution in [1.82, 2.24) is 5.32 Å². The van der Waals surface area contributed by atoms with E-state index in [4.69, 9.17) is 23.2 Å². The lowest BCUT2D eigenvalue weighted by Gasteiger charge is -2.16. The molecule has 0 fully saturated rings. The molecular formula is C15H11Cl2NO3. The van der Waals surface area contributed by atoms with Crippen molar-refractivity contribution in [3.8, 4) is 0 Å². The summed E-state index contributed by atoms with van der Waals surface area (Å²) in [4.78, 5) is 23.5. The quantitative estimate of drug-likeness (QED) is 0.904. The topological polar surface area (TPSA) is 66.4 Å². The number of carboxylic acids is 1. The summed E-state index contributed by atoms with van der Waals surface area (Å²) < 4.78 is 0. The minimum Gasteiger partial charge on any atom is -0.479 e. The van der Waals surface area contributed by atoms with Crippen LogP contribution in [0.2, 0.25) is 10.0 Å². The van der Waals surface area contributed by atoms with Gasteiger partial charge in [0.05, 0.1) is 0 Å². The van der Waals surface area contributed by atoms with Crippen LogP contribution in [0.1, 0.15) is 22.0 Å². The van der Waals surface area contributed by atoms with E-state index in [9.17, 15) is 14.7 Å².